The molecule has 0 aromatic heterocycles. The van der Waals surface area contributed by atoms with E-state index in [2.05, 4.69) is 0 Å². The van der Waals surface area contributed by atoms with Crippen molar-refractivity contribution in [1.82, 2.24) is 0 Å². The van der Waals surface area contributed by atoms with E-state index in [0.29, 0.717) is 0 Å². The third-order valence-electron chi connectivity index (χ3n) is 2.39. The highest BCUT2D eigenvalue weighted by Crippen LogP contribution is 2.14. The molecule has 3 N–H and O–H groups in total. The number of para-hydroxylation sites is 1. The Labute approximate surface area is 89.9 Å². The van der Waals surface area contributed by atoms with E-state index >= 15 is 0 Å². The predicted molar refractivity (Wildman–Crippen MR) is 60.7 cm³/mol. The van der Waals surface area contributed by atoms with Gasteiger partial charge in [-0.15, -0.1) is 0 Å². The van der Waals surface area contributed by atoms with Gasteiger partial charge in [0.2, 0.25) is 0 Å². The number of carbonyl (C=O) groups is 1. The number of hydrogen-bond acceptors (Lipinski definition) is 2. The zero-order chi connectivity index (χ0) is 11.1. The van der Waals surface area contributed by atoms with E-state index in [-0.39, 0.29) is 6.42 Å². The van der Waals surface area contributed by atoms with Gasteiger partial charge in [0.15, 0.2) is 0 Å². The lowest BCUT2D eigenvalue weighted by molar-refractivity contribution is -0.137. The van der Waals surface area contributed by atoms with Crippen LogP contribution in [0.15, 0.2) is 24.3 Å². The second-order valence-corrected chi connectivity index (χ2v) is 3.65. The van der Waals surface area contributed by atoms with E-state index in [1.165, 1.54) is 0 Å². The third-order valence-corrected chi connectivity index (χ3v) is 2.39. The highest BCUT2D eigenvalue weighted by atomic mass is 16.4. The molecular formula is C12H17NO2. The first kappa shape index (κ1) is 11.6. The van der Waals surface area contributed by atoms with Crippen LogP contribution < -0.4 is 5.73 Å². The largest absolute Gasteiger partial charge is 0.481 e. The second kappa shape index (κ2) is 6.06. The monoisotopic (exact) mass is 207 g/mol. The average Bonchev–Trinajstić information content (AvgIpc) is 2.20. The lowest BCUT2D eigenvalue weighted by Crippen LogP contribution is -1.96. The van der Waals surface area contributed by atoms with Gasteiger partial charge in [0.05, 0.1) is 0 Å². The molecule has 0 radical (unpaired) electrons. The quantitative estimate of drug-likeness (QED) is 0.556. The highest BCUT2D eigenvalue weighted by molar-refractivity contribution is 5.66. The Morgan fingerprint density at radius 1 is 1.20 bits per heavy atom. The van der Waals surface area contributed by atoms with Crippen LogP contribution in [0, 0.1) is 0 Å². The van der Waals surface area contributed by atoms with Gasteiger partial charge in [-0.25, -0.2) is 0 Å². The number of aryl methyl sites for hydroxylation is 1. The lowest BCUT2D eigenvalue weighted by Gasteiger charge is -2.04. The molecule has 15 heavy (non-hydrogen) atoms. The summed E-state index contributed by atoms with van der Waals surface area (Å²) in [5.41, 5.74) is 7.78. The Bertz CT molecular complexity index is 323. The van der Waals surface area contributed by atoms with E-state index in [9.17, 15) is 4.79 Å². The summed E-state index contributed by atoms with van der Waals surface area (Å²) in [5, 5.41) is 8.45. The Morgan fingerprint density at radius 3 is 2.60 bits per heavy atom. The van der Waals surface area contributed by atoms with Crippen LogP contribution in [-0.2, 0) is 11.2 Å². The molecule has 0 aliphatic heterocycles. The molecule has 1 rings (SSSR count). The fourth-order valence-electron chi connectivity index (χ4n) is 1.53. The maximum absolute atomic E-state index is 10.3. The molecule has 3 nitrogen and oxygen atoms in total. The molecule has 0 spiro atoms. The summed E-state index contributed by atoms with van der Waals surface area (Å²) < 4.78 is 0. The Balaban J connectivity index is 2.21. The molecule has 0 fully saturated rings. The molecule has 0 unspecified atom stereocenters. The lowest BCUT2D eigenvalue weighted by atomic mass is 10.0. The van der Waals surface area contributed by atoms with Gasteiger partial charge in [0.1, 0.15) is 0 Å². The van der Waals surface area contributed by atoms with Crippen LogP contribution in [0.2, 0.25) is 0 Å². The van der Waals surface area contributed by atoms with Crippen molar-refractivity contribution in [3.63, 3.8) is 0 Å². The Hall–Kier alpha value is -1.51. The van der Waals surface area contributed by atoms with E-state index in [0.717, 1.165) is 36.9 Å². The number of aliphatic carboxylic acids is 1. The Morgan fingerprint density at radius 2 is 1.93 bits per heavy atom. The van der Waals surface area contributed by atoms with Crippen LogP contribution in [0.3, 0.4) is 0 Å². The van der Waals surface area contributed by atoms with Gasteiger partial charge in [0, 0.05) is 12.1 Å². The molecule has 1 aromatic carbocycles. The van der Waals surface area contributed by atoms with Crippen molar-refractivity contribution in [3.8, 4) is 0 Å². The summed E-state index contributed by atoms with van der Waals surface area (Å²) in [6.45, 7) is 0. The number of hydrogen-bond donors (Lipinski definition) is 2. The summed E-state index contributed by atoms with van der Waals surface area (Å²) in [6.07, 6.45) is 3.90. The smallest absolute Gasteiger partial charge is 0.303 e. The maximum atomic E-state index is 10.3. The minimum Gasteiger partial charge on any atom is -0.481 e. The van der Waals surface area contributed by atoms with E-state index in [4.69, 9.17) is 10.8 Å². The topological polar surface area (TPSA) is 63.3 Å². The normalized spacial score (nSPS) is 10.1. The van der Waals surface area contributed by atoms with Crippen molar-refractivity contribution in [2.45, 2.75) is 32.1 Å². The highest BCUT2D eigenvalue weighted by Gasteiger charge is 1.99. The number of benzene rings is 1. The minimum atomic E-state index is -0.714. The molecule has 0 atom stereocenters. The van der Waals surface area contributed by atoms with Gasteiger partial charge in [-0.2, -0.15) is 0 Å². The van der Waals surface area contributed by atoms with Gasteiger partial charge < -0.3 is 10.8 Å². The van der Waals surface area contributed by atoms with Gasteiger partial charge >= 0.3 is 5.97 Å². The SMILES string of the molecule is Nc1ccccc1CCCCCC(=O)O. The zero-order valence-corrected chi connectivity index (χ0v) is 8.78. The molecule has 0 saturated heterocycles. The first-order valence-electron chi connectivity index (χ1n) is 5.25. The summed E-state index contributed by atoms with van der Waals surface area (Å²) >= 11 is 0. The van der Waals surface area contributed by atoms with Gasteiger partial charge in [-0.3, -0.25) is 4.79 Å². The van der Waals surface area contributed by atoms with Crippen LogP contribution in [0.1, 0.15) is 31.2 Å². The summed E-state index contributed by atoms with van der Waals surface area (Å²) in [4.78, 5) is 10.3. The summed E-state index contributed by atoms with van der Waals surface area (Å²) in [6, 6.07) is 7.81. The van der Waals surface area contributed by atoms with Crippen molar-refractivity contribution < 1.29 is 9.90 Å². The number of anilines is 1. The van der Waals surface area contributed by atoms with Crippen LogP contribution in [-0.4, -0.2) is 11.1 Å². The molecule has 82 valence electrons. The number of nitrogen functional groups attached to an aromatic ring is 1. The molecule has 0 saturated carbocycles. The number of rotatable bonds is 6. The standard InChI is InChI=1S/C12H17NO2/c13-11-8-5-4-7-10(11)6-2-1-3-9-12(14)15/h4-5,7-8H,1-3,6,9,13H2,(H,14,15). The number of carboxylic acid groups (broad SMARTS) is 1. The molecule has 0 heterocycles. The predicted octanol–water partition coefficient (Wildman–Crippen LogP) is 2.46. The first-order chi connectivity index (χ1) is 7.20. The molecule has 0 aliphatic carbocycles. The summed E-state index contributed by atoms with van der Waals surface area (Å²) in [5.74, 6) is -0.714. The zero-order valence-electron chi connectivity index (χ0n) is 8.78. The minimum absolute atomic E-state index is 0.268. The first-order valence-corrected chi connectivity index (χ1v) is 5.25. The number of unbranched alkanes of at least 4 members (excludes halogenated alkanes) is 2. The van der Waals surface area contributed by atoms with Crippen LogP contribution in [0.25, 0.3) is 0 Å². The van der Waals surface area contributed by atoms with Crippen molar-refractivity contribution in [2.75, 3.05) is 5.73 Å². The fraction of sp³-hybridized carbons (Fsp3) is 0.417. The van der Waals surface area contributed by atoms with Crippen molar-refractivity contribution in [3.05, 3.63) is 29.8 Å². The average molecular weight is 207 g/mol. The van der Waals surface area contributed by atoms with Crippen molar-refractivity contribution >= 4 is 11.7 Å². The maximum Gasteiger partial charge on any atom is 0.303 e. The second-order valence-electron chi connectivity index (χ2n) is 3.65. The van der Waals surface area contributed by atoms with E-state index < -0.39 is 5.97 Å². The van der Waals surface area contributed by atoms with E-state index in [1.807, 2.05) is 24.3 Å². The fourth-order valence-corrected chi connectivity index (χ4v) is 1.53. The number of carboxylic acids is 1. The molecule has 1 aromatic rings. The van der Waals surface area contributed by atoms with Crippen LogP contribution in [0.5, 0.6) is 0 Å². The molecule has 0 bridgehead atoms. The van der Waals surface area contributed by atoms with Crippen molar-refractivity contribution in [1.29, 1.82) is 0 Å². The van der Waals surface area contributed by atoms with Gasteiger partial charge in [-0.1, -0.05) is 24.6 Å². The van der Waals surface area contributed by atoms with Gasteiger partial charge in [-0.05, 0) is 30.9 Å². The molecule has 0 amide bonds. The Kier molecular flexibility index (Phi) is 4.68. The van der Waals surface area contributed by atoms with E-state index in [1.54, 1.807) is 0 Å². The van der Waals surface area contributed by atoms with Gasteiger partial charge in [0.25, 0.3) is 0 Å². The summed E-state index contributed by atoms with van der Waals surface area (Å²) in [7, 11) is 0. The molecule has 3 heteroatoms. The van der Waals surface area contributed by atoms with Crippen LogP contribution in [0.4, 0.5) is 5.69 Å². The van der Waals surface area contributed by atoms with Crippen LogP contribution >= 0.6 is 0 Å². The van der Waals surface area contributed by atoms with Crippen molar-refractivity contribution in [2.24, 2.45) is 0 Å². The number of nitrogens with two attached hydrogens (primary N) is 1. The third kappa shape index (κ3) is 4.49. The molecule has 0 aliphatic rings. The molecular weight excluding hydrogens is 190 g/mol.